The third-order valence-corrected chi connectivity index (χ3v) is 9.79. The number of aryl methyl sites for hydroxylation is 1. The Labute approximate surface area is 254 Å². The summed E-state index contributed by atoms with van der Waals surface area (Å²) in [6.07, 6.45) is 6.78. The van der Waals surface area contributed by atoms with Crippen molar-refractivity contribution in [3.8, 4) is 0 Å². The van der Waals surface area contributed by atoms with Crippen molar-refractivity contribution in [3.63, 3.8) is 0 Å². The molecule has 2 N–H and O–H groups in total. The molecule has 0 saturated carbocycles. The smallest absolute Gasteiger partial charge is 0.331 e. The number of nitrogens with one attached hydrogen (secondary N) is 2. The zero-order valence-electron chi connectivity index (χ0n) is 24.8. The van der Waals surface area contributed by atoms with Crippen molar-refractivity contribution in [2.75, 3.05) is 52.6 Å². The lowest BCUT2D eigenvalue weighted by atomic mass is 9.90. The number of morpholine rings is 1. The van der Waals surface area contributed by atoms with Gasteiger partial charge in [0.25, 0.3) is 5.56 Å². The number of halogens is 1. The maximum Gasteiger partial charge on any atom is 0.331 e. The topological polar surface area (TPSA) is 137 Å². The van der Waals surface area contributed by atoms with Crippen LogP contribution in [0.1, 0.15) is 51.6 Å². The standard InChI is InChI=1S/C28H42BrN5O7S/c1-5-12-34-25-22(29)23(31-24(25)26(35)32(4)27(34)36)21-19-20(9-10-28(21,40-7-3)41-16-6-2)42(37,38)30-11-8-13-33-14-17-39-18-15-33/h9-10,19,21,30-31H,5-8,11-18H2,1-4H3. The molecule has 12 nitrogen and oxygen atoms in total. The van der Waals surface area contributed by atoms with Gasteiger partial charge in [0.1, 0.15) is 5.52 Å². The van der Waals surface area contributed by atoms with Gasteiger partial charge in [-0.15, -0.1) is 0 Å². The van der Waals surface area contributed by atoms with E-state index < -0.39 is 33.0 Å². The van der Waals surface area contributed by atoms with Crippen LogP contribution in [0.3, 0.4) is 0 Å². The van der Waals surface area contributed by atoms with E-state index in [1.54, 1.807) is 16.7 Å². The second-order valence-corrected chi connectivity index (χ2v) is 13.0. The first kappa shape index (κ1) is 32.8. The molecule has 4 rings (SSSR count). The second-order valence-electron chi connectivity index (χ2n) is 10.5. The van der Waals surface area contributed by atoms with Crippen molar-refractivity contribution in [2.45, 2.75) is 58.3 Å². The summed E-state index contributed by atoms with van der Waals surface area (Å²) in [5, 5.41) is 0. The number of fused-ring (bicyclic) bond motifs is 1. The van der Waals surface area contributed by atoms with Crippen LogP contribution < -0.4 is 16.0 Å². The van der Waals surface area contributed by atoms with E-state index >= 15 is 0 Å². The summed E-state index contributed by atoms with van der Waals surface area (Å²) in [7, 11) is -2.43. The number of nitrogens with zero attached hydrogens (tertiary/aromatic N) is 3. The van der Waals surface area contributed by atoms with Crippen molar-refractivity contribution >= 4 is 37.0 Å². The summed E-state index contributed by atoms with van der Waals surface area (Å²) in [5.41, 5.74) is 0.237. The summed E-state index contributed by atoms with van der Waals surface area (Å²) in [5.74, 6) is -2.13. The molecule has 0 radical (unpaired) electrons. The van der Waals surface area contributed by atoms with Crippen LogP contribution in [0.25, 0.3) is 11.0 Å². The first-order valence-corrected chi connectivity index (χ1v) is 16.9. The molecule has 0 spiro atoms. The number of rotatable bonds is 14. The third-order valence-electron chi connectivity index (χ3n) is 7.51. The molecule has 0 amide bonds. The summed E-state index contributed by atoms with van der Waals surface area (Å²) in [6.45, 7) is 10.9. The molecule has 2 atom stereocenters. The van der Waals surface area contributed by atoms with Gasteiger partial charge < -0.3 is 19.2 Å². The van der Waals surface area contributed by atoms with Crippen LogP contribution in [-0.2, 0) is 37.8 Å². The van der Waals surface area contributed by atoms with E-state index in [4.69, 9.17) is 14.2 Å². The van der Waals surface area contributed by atoms with Gasteiger partial charge in [-0.1, -0.05) is 13.8 Å². The molecule has 0 aromatic carbocycles. The SMILES string of the molecule is CCCOC1(OCC)C=CC(S(=O)(=O)NCCCN2CCOCC2)=CC1c1[nH]c2c(=O)n(C)c(=O)n(CCC)c2c1Br. The molecular weight excluding hydrogens is 630 g/mol. The lowest BCUT2D eigenvalue weighted by Crippen LogP contribution is -2.43. The Morgan fingerprint density at radius 2 is 1.88 bits per heavy atom. The lowest BCUT2D eigenvalue weighted by molar-refractivity contribution is -0.210. The van der Waals surface area contributed by atoms with Crippen LogP contribution in [-0.4, -0.2) is 85.8 Å². The number of hydrogen-bond donors (Lipinski definition) is 2. The van der Waals surface area contributed by atoms with Gasteiger partial charge >= 0.3 is 5.69 Å². The molecule has 1 aliphatic carbocycles. The minimum atomic E-state index is -3.87. The molecule has 1 saturated heterocycles. The van der Waals surface area contributed by atoms with Gasteiger partial charge in [-0.05, 0) is 66.9 Å². The summed E-state index contributed by atoms with van der Waals surface area (Å²) >= 11 is 3.65. The maximum atomic E-state index is 13.5. The van der Waals surface area contributed by atoms with E-state index in [0.717, 1.165) is 24.2 Å². The molecule has 2 aromatic heterocycles. The van der Waals surface area contributed by atoms with Crippen LogP contribution in [0.4, 0.5) is 0 Å². The first-order valence-electron chi connectivity index (χ1n) is 14.6. The monoisotopic (exact) mass is 671 g/mol. The highest BCUT2D eigenvalue weighted by molar-refractivity contribution is 9.10. The highest BCUT2D eigenvalue weighted by atomic mass is 79.9. The number of H-pyrrole nitrogens is 1. The fraction of sp³-hybridized carbons (Fsp3) is 0.643. The van der Waals surface area contributed by atoms with Gasteiger partial charge in [0.2, 0.25) is 10.0 Å². The number of hydrogen-bond acceptors (Lipinski definition) is 8. The Morgan fingerprint density at radius 1 is 1.14 bits per heavy atom. The maximum absolute atomic E-state index is 13.5. The molecule has 3 heterocycles. The van der Waals surface area contributed by atoms with E-state index in [1.807, 2.05) is 20.8 Å². The largest absolute Gasteiger partial charge is 0.379 e. The van der Waals surface area contributed by atoms with E-state index in [0.29, 0.717) is 67.9 Å². The van der Waals surface area contributed by atoms with Crippen LogP contribution >= 0.6 is 15.9 Å². The predicted octanol–water partition coefficient (Wildman–Crippen LogP) is 2.54. The molecule has 0 bridgehead atoms. The second kappa shape index (κ2) is 14.1. The first-order chi connectivity index (χ1) is 20.1. The molecule has 14 heteroatoms. The normalized spacial score (nSPS) is 21.7. The predicted molar refractivity (Wildman–Crippen MR) is 165 cm³/mol. The van der Waals surface area contributed by atoms with Crippen LogP contribution in [0, 0.1) is 0 Å². The van der Waals surface area contributed by atoms with Crippen LogP contribution in [0.5, 0.6) is 0 Å². The molecule has 2 aromatic rings. The summed E-state index contributed by atoms with van der Waals surface area (Å²) in [4.78, 5) is 31.8. The fourth-order valence-corrected chi connectivity index (χ4v) is 7.29. The van der Waals surface area contributed by atoms with E-state index in [2.05, 4.69) is 30.5 Å². The number of ether oxygens (including phenoxy) is 3. The summed E-state index contributed by atoms with van der Waals surface area (Å²) in [6, 6.07) is 0. The van der Waals surface area contributed by atoms with Gasteiger partial charge in [-0.2, -0.15) is 0 Å². The Hall–Kier alpha value is -2.07. The fourth-order valence-electron chi connectivity index (χ4n) is 5.39. The Balaban J connectivity index is 1.75. The van der Waals surface area contributed by atoms with Crippen LogP contribution in [0.15, 0.2) is 37.2 Å². The molecular formula is C28H42BrN5O7S. The van der Waals surface area contributed by atoms with Gasteiger partial charge in [0, 0.05) is 45.5 Å². The highest BCUT2D eigenvalue weighted by Crippen LogP contribution is 2.44. The number of aromatic amines is 1. The highest BCUT2D eigenvalue weighted by Gasteiger charge is 2.44. The minimum Gasteiger partial charge on any atom is -0.379 e. The van der Waals surface area contributed by atoms with Crippen molar-refractivity contribution in [2.24, 2.45) is 7.05 Å². The van der Waals surface area contributed by atoms with Gasteiger partial charge in [-0.3, -0.25) is 18.8 Å². The molecule has 1 fully saturated rings. The minimum absolute atomic E-state index is 0.0682. The zero-order chi connectivity index (χ0) is 30.5. The van der Waals surface area contributed by atoms with Crippen LogP contribution in [0.2, 0.25) is 0 Å². The molecule has 234 valence electrons. The molecule has 42 heavy (non-hydrogen) atoms. The van der Waals surface area contributed by atoms with Gasteiger partial charge in [0.05, 0.1) is 40.6 Å². The number of allylic oxidation sites excluding steroid dienone is 1. The Morgan fingerprint density at radius 3 is 2.55 bits per heavy atom. The van der Waals surface area contributed by atoms with E-state index in [1.165, 1.54) is 13.1 Å². The summed E-state index contributed by atoms with van der Waals surface area (Å²) < 4.78 is 50.6. The Kier molecular flexibility index (Phi) is 11.1. The lowest BCUT2D eigenvalue weighted by Gasteiger charge is -2.38. The van der Waals surface area contributed by atoms with E-state index in [-0.39, 0.29) is 17.0 Å². The molecule has 2 aliphatic rings. The Bertz CT molecular complexity index is 1540. The van der Waals surface area contributed by atoms with Gasteiger partial charge in [-0.25, -0.2) is 17.9 Å². The van der Waals surface area contributed by atoms with Crippen molar-refractivity contribution in [1.82, 2.24) is 23.7 Å². The number of aromatic nitrogens is 3. The third kappa shape index (κ3) is 6.69. The zero-order valence-corrected chi connectivity index (χ0v) is 27.2. The van der Waals surface area contributed by atoms with Gasteiger partial charge in [0.15, 0.2) is 5.79 Å². The quantitative estimate of drug-likeness (QED) is 0.231. The average Bonchev–Trinajstić information content (AvgIpc) is 3.32. The number of sulfonamides is 1. The van der Waals surface area contributed by atoms with Crippen molar-refractivity contribution in [3.05, 3.63) is 54.1 Å². The molecule has 1 aliphatic heterocycles. The van der Waals surface area contributed by atoms with Crippen molar-refractivity contribution < 1.29 is 22.6 Å². The van der Waals surface area contributed by atoms with Crippen molar-refractivity contribution in [1.29, 1.82) is 0 Å². The molecule has 2 unspecified atom stereocenters. The average molecular weight is 673 g/mol. The van der Waals surface area contributed by atoms with E-state index in [9.17, 15) is 18.0 Å².